The highest BCUT2D eigenvalue weighted by Crippen LogP contribution is 2.10. The van der Waals surface area contributed by atoms with Gasteiger partial charge < -0.3 is 5.32 Å². The normalized spacial score (nSPS) is 21.5. The summed E-state index contributed by atoms with van der Waals surface area (Å²) in [5, 5.41) is 5.17. The van der Waals surface area contributed by atoms with E-state index in [-0.39, 0.29) is 11.8 Å². The van der Waals surface area contributed by atoms with Crippen molar-refractivity contribution in [2.45, 2.75) is 25.3 Å². The quantitative estimate of drug-likeness (QED) is 0.841. The maximum absolute atomic E-state index is 11.9. The third kappa shape index (κ3) is 4.39. The summed E-state index contributed by atoms with van der Waals surface area (Å²) < 4.78 is 26.5. The Morgan fingerprint density at radius 3 is 3.06 bits per heavy atom. The van der Waals surface area contributed by atoms with Gasteiger partial charge in [0.25, 0.3) is 0 Å². The largest absolute Gasteiger partial charge is 0.315 e. The molecule has 0 aromatic carbocycles. The average molecular weight is 274 g/mol. The van der Waals surface area contributed by atoms with E-state index in [1.165, 1.54) is 0 Å². The van der Waals surface area contributed by atoms with Crippen LogP contribution in [0.15, 0.2) is 17.5 Å². The van der Waals surface area contributed by atoms with Crippen LogP contribution in [0, 0.1) is 0 Å². The molecule has 1 aromatic rings. The lowest BCUT2D eigenvalue weighted by Gasteiger charge is -2.23. The highest BCUT2D eigenvalue weighted by Gasteiger charge is 2.19. The summed E-state index contributed by atoms with van der Waals surface area (Å²) in [6.45, 7) is 1.74. The van der Waals surface area contributed by atoms with Gasteiger partial charge in [-0.25, -0.2) is 13.1 Å². The van der Waals surface area contributed by atoms with Crippen molar-refractivity contribution in [1.29, 1.82) is 0 Å². The van der Waals surface area contributed by atoms with Gasteiger partial charge in [-0.2, -0.15) is 0 Å². The van der Waals surface area contributed by atoms with Gasteiger partial charge >= 0.3 is 0 Å². The van der Waals surface area contributed by atoms with E-state index in [1.54, 1.807) is 11.3 Å². The number of nitrogens with one attached hydrogen (secondary N) is 2. The molecule has 1 aliphatic rings. The Bertz CT molecular complexity index is 422. The van der Waals surface area contributed by atoms with Gasteiger partial charge in [-0.15, -0.1) is 11.3 Å². The first-order valence-electron chi connectivity index (χ1n) is 5.89. The molecule has 0 amide bonds. The second kappa shape index (κ2) is 5.95. The Labute approximate surface area is 106 Å². The first kappa shape index (κ1) is 13.0. The number of rotatable bonds is 5. The number of hydrogen-bond acceptors (Lipinski definition) is 4. The molecule has 2 N–H and O–H groups in total. The molecule has 0 aliphatic carbocycles. The van der Waals surface area contributed by atoms with Crippen LogP contribution in [-0.2, 0) is 16.4 Å². The lowest BCUT2D eigenvalue weighted by atomic mass is 10.1. The fraction of sp³-hybridized carbons (Fsp3) is 0.636. The molecule has 96 valence electrons. The van der Waals surface area contributed by atoms with Crippen molar-refractivity contribution >= 4 is 21.4 Å². The maximum atomic E-state index is 11.9. The molecule has 0 spiro atoms. The van der Waals surface area contributed by atoms with Gasteiger partial charge in [0.1, 0.15) is 0 Å². The van der Waals surface area contributed by atoms with E-state index in [1.807, 2.05) is 17.5 Å². The first-order valence-corrected chi connectivity index (χ1v) is 8.42. The third-order valence-corrected chi connectivity index (χ3v) is 5.21. The molecule has 0 radical (unpaired) electrons. The highest BCUT2D eigenvalue weighted by molar-refractivity contribution is 7.89. The maximum Gasteiger partial charge on any atom is 0.212 e. The van der Waals surface area contributed by atoms with E-state index in [0.29, 0.717) is 6.42 Å². The van der Waals surface area contributed by atoms with E-state index in [0.717, 1.165) is 30.8 Å². The lowest BCUT2D eigenvalue weighted by Crippen LogP contribution is -2.46. The molecule has 6 heteroatoms. The zero-order valence-corrected chi connectivity index (χ0v) is 11.3. The van der Waals surface area contributed by atoms with Crippen LogP contribution >= 0.6 is 11.3 Å². The van der Waals surface area contributed by atoms with Gasteiger partial charge in [-0.1, -0.05) is 6.07 Å². The molecule has 0 saturated carbocycles. The summed E-state index contributed by atoms with van der Waals surface area (Å²) in [4.78, 5) is 1.12. The smallest absolute Gasteiger partial charge is 0.212 e. The number of aryl methyl sites for hydroxylation is 1. The van der Waals surface area contributed by atoms with Crippen molar-refractivity contribution in [2.75, 3.05) is 18.8 Å². The van der Waals surface area contributed by atoms with Gasteiger partial charge in [-0.3, -0.25) is 0 Å². The molecule has 2 rings (SSSR count). The molecule has 1 saturated heterocycles. The van der Waals surface area contributed by atoms with Crippen molar-refractivity contribution in [2.24, 2.45) is 0 Å². The summed E-state index contributed by atoms with van der Waals surface area (Å²) >= 11 is 1.61. The summed E-state index contributed by atoms with van der Waals surface area (Å²) in [5.41, 5.74) is 0. The van der Waals surface area contributed by atoms with Crippen LogP contribution in [-0.4, -0.2) is 33.3 Å². The Hall–Kier alpha value is -0.430. The van der Waals surface area contributed by atoms with Gasteiger partial charge in [0.15, 0.2) is 0 Å². The second-order valence-corrected chi connectivity index (χ2v) is 7.22. The number of piperidine rings is 1. The van der Waals surface area contributed by atoms with Crippen LogP contribution in [0.4, 0.5) is 0 Å². The van der Waals surface area contributed by atoms with E-state index in [9.17, 15) is 8.42 Å². The third-order valence-electron chi connectivity index (χ3n) is 2.84. The SMILES string of the molecule is O=S(=O)(CCc1cccs1)NC1CCCNC1. The summed E-state index contributed by atoms with van der Waals surface area (Å²) in [6.07, 6.45) is 2.58. The summed E-state index contributed by atoms with van der Waals surface area (Å²) in [6, 6.07) is 3.99. The standard InChI is InChI=1S/C11H18N2O2S2/c14-17(15,8-5-11-4-2-7-16-11)13-10-3-1-6-12-9-10/h2,4,7,10,12-13H,1,3,5-6,8-9H2. The zero-order valence-electron chi connectivity index (χ0n) is 9.69. The average Bonchev–Trinajstić information content (AvgIpc) is 2.80. The van der Waals surface area contributed by atoms with Crippen LogP contribution in [0.2, 0.25) is 0 Å². The predicted octanol–water partition coefficient (Wildman–Crippen LogP) is 0.962. The molecular formula is C11H18N2O2S2. The van der Waals surface area contributed by atoms with Gasteiger partial charge in [0.2, 0.25) is 10.0 Å². The van der Waals surface area contributed by atoms with Crippen molar-refractivity contribution in [3.05, 3.63) is 22.4 Å². The van der Waals surface area contributed by atoms with Crippen LogP contribution in [0.3, 0.4) is 0 Å². The molecule has 4 nitrogen and oxygen atoms in total. The second-order valence-electron chi connectivity index (χ2n) is 4.31. The number of hydrogen-bond donors (Lipinski definition) is 2. The van der Waals surface area contributed by atoms with Crippen LogP contribution in [0.1, 0.15) is 17.7 Å². The predicted molar refractivity (Wildman–Crippen MR) is 70.8 cm³/mol. The van der Waals surface area contributed by atoms with Crippen LogP contribution in [0.25, 0.3) is 0 Å². The summed E-state index contributed by atoms with van der Waals surface area (Å²) in [5.74, 6) is 0.185. The molecule has 1 aromatic heterocycles. The van der Waals surface area contributed by atoms with E-state index < -0.39 is 10.0 Å². The topological polar surface area (TPSA) is 58.2 Å². The molecule has 2 heterocycles. The Morgan fingerprint density at radius 1 is 1.53 bits per heavy atom. The molecule has 1 fully saturated rings. The summed E-state index contributed by atoms with van der Waals surface area (Å²) in [7, 11) is -3.14. The minimum Gasteiger partial charge on any atom is -0.315 e. The monoisotopic (exact) mass is 274 g/mol. The molecule has 17 heavy (non-hydrogen) atoms. The molecular weight excluding hydrogens is 256 g/mol. The van der Waals surface area contributed by atoms with Crippen LogP contribution in [0.5, 0.6) is 0 Å². The van der Waals surface area contributed by atoms with Crippen molar-refractivity contribution in [1.82, 2.24) is 10.0 Å². The molecule has 1 atom stereocenters. The first-order chi connectivity index (χ1) is 8.16. The number of thiophene rings is 1. The number of sulfonamides is 1. The Balaban J connectivity index is 1.81. The Kier molecular flexibility index (Phi) is 4.55. The minimum absolute atomic E-state index is 0.0667. The molecule has 0 bridgehead atoms. The lowest BCUT2D eigenvalue weighted by molar-refractivity contribution is 0.428. The van der Waals surface area contributed by atoms with Gasteiger partial charge in [0, 0.05) is 17.5 Å². The van der Waals surface area contributed by atoms with E-state index in [2.05, 4.69) is 10.0 Å². The fourth-order valence-electron chi connectivity index (χ4n) is 1.96. The van der Waals surface area contributed by atoms with Gasteiger partial charge in [0.05, 0.1) is 5.75 Å². The van der Waals surface area contributed by atoms with E-state index >= 15 is 0 Å². The Morgan fingerprint density at radius 2 is 2.41 bits per heavy atom. The zero-order chi connectivity index (χ0) is 12.1. The van der Waals surface area contributed by atoms with Crippen molar-refractivity contribution in [3.8, 4) is 0 Å². The van der Waals surface area contributed by atoms with Crippen LogP contribution < -0.4 is 10.0 Å². The molecule has 1 unspecified atom stereocenters. The van der Waals surface area contributed by atoms with Gasteiger partial charge in [-0.05, 0) is 37.3 Å². The minimum atomic E-state index is -3.14. The fourth-order valence-corrected chi connectivity index (χ4v) is 4.11. The molecule has 1 aliphatic heterocycles. The highest BCUT2D eigenvalue weighted by atomic mass is 32.2. The van der Waals surface area contributed by atoms with Crippen molar-refractivity contribution in [3.63, 3.8) is 0 Å². The van der Waals surface area contributed by atoms with Crippen molar-refractivity contribution < 1.29 is 8.42 Å². The van der Waals surface area contributed by atoms with E-state index in [4.69, 9.17) is 0 Å².